The molecule has 1 aromatic carbocycles. The van der Waals surface area contributed by atoms with Gasteiger partial charge in [0.15, 0.2) is 0 Å². The summed E-state index contributed by atoms with van der Waals surface area (Å²) in [6.45, 7) is 7.64. The smallest absolute Gasteiger partial charge is 0.123 e. The second-order valence-electron chi connectivity index (χ2n) is 5.86. The van der Waals surface area contributed by atoms with E-state index in [2.05, 4.69) is 48.2 Å². The maximum Gasteiger partial charge on any atom is 0.123 e. The van der Waals surface area contributed by atoms with E-state index < -0.39 is 0 Å². The molecule has 2 heterocycles. The van der Waals surface area contributed by atoms with Crippen LogP contribution in [0.1, 0.15) is 47.8 Å². The van der Waals surface area contributed by atoms with Crippen molar-refractivity contribution in [3.63, 3.8) is 0 Å². The van der Waals surface area contributed by atoms with Gasteiger partial charge in [-0.1, -0.05) is 18.6 Å². The van der Waals surface area contributed by atoms with E-state index in [-0.39, 0.29) is 0 Å². The number of nitrogens with one attached hydrogen (secondary N) is 2. The molecule has 1 aliphatic heterocycles. The van der Waals surface area contributed by atoms with Gasteiger partial charge in [-0.2, -0.15) is 0 Å². The van der Waals surface area contributed by atoms with Gasteiger partial charge in [-0.05, 0) is 56.8 Å². The molecule has 0 aliphatic carbocycles. The Morgan fingerprint density at radius 2 is 1.95 bits per heavy atom. The lowest BCUT2D eigenvalue weighted by Gasteiger charge is -2.21. The molecule has 0 radical (unpaired) electrons. The molecule has 2 N–H and O–H groups in total. The van der Waals surface area contributed by atoms with E-state index in [4.69, 9.17) is 0 Å². The normalized spacial score (nSPS) is 19.2. The van der Waals surface area contributed by atoms with Crippen LogP contribution in [0.15, 0.2) is 18.3 Å². The minimum atomic E-state index is 0.393. The molecule has 2 aromatic rings. The van der Waals surface area contributed by atoms with Crippen molar-refractivity contribution in [1.29, 1.82) is 0 Å². The summed E-state index contributed by atoms with van der Waals surface area (Å²) in [5.41, 5.74) is 6.46. The first-order valence-corrected chi connectivity index (χ1v) is 7.52. The Bertz CT molecular complexity index is 607. The Labute approximate surface area is 120 Å². The maximum atomic E-state index is 4.59. The van der Waals surface area contributed by atoms with E-state index in [1.54, 1.807) is 0 Å². The molecule has 1 atom stereocenters. The van der Waals surface area contributed by atoms with Gasteiger partial charge in [-0.3, -0.25) is 0 Å². The molecule has 3 heteroatoms. The molecule has 0 bridgehead atoms. The lowest BCUT2D eigenvalue weighted by molar-refractivity contribution is 0.399. The minimum absolute atomic E-state index is 0.393. The summed E-state index contributed by atoms with van der Waals surface area (Å²) in [6.07, 6.45) is 5.72. The van der Waals surface area contributed by atoms with Gasteiger partial charge < -0.3 is 10.3 Å². The van der Waals surface area contributed by atoms with Crippen LogP contribution in [0.3, 0.4) is 0 Å². The summed E-state index contributed by atoms with van der Waals surface area (Å²) in [6, 6.07) is 4.78. The molecular weight excluding hydrogens is 246 g/mol. The largest absolute Gasteiger partial charge is 0.341 e. The third-order valence-corrected chi connectivity index (χ3v) is 4.58. The third kappa shape index (κ3) is 2.38. The molecule has 0 amide bonds. The van der Waals surface area contributed by atoms with Gasteiger partial charge in [0.1, 0.15) is 5.82 Å². The van der Waals surface area contributed by atoms with Gasteiger partial charge in [0.25, 0.3) is 0 Å². The molecule has 3 nitrogen and oxygen atoms in total. The highest BCUT2D eigenvalue weighted by atomic mass is 15.0. The minimum Gasteiger partial charge on any atom is -0.341 e. The number of aryl methyl sites for hydroxylation is 1. The highest BCUT2D eigenvalue weighted by Gasteiger charge is 2.18. The Morgan fingerprint density at radius 3 is 2.70 bits per heavy atom. The van der Waals surface area contributed by atoms with E-state index in [0.717, 1.165) is 18.1 Å². The molecule has 1 aliphatic rings. The zero-order valence-electron chi connectivity index (χ0n) is 12.6. The van der Waals surface area contributed by atoms with Gasteiger partial charge in [0.2, 0.25) is 0 Å². The quantitative estimate of drug-likeness (QED) is 0.870. The molecule has 1 unspecified atom stereocenters. The van der Waals surface area contributed by atoms with Crippen LogP contribution in [-0.2, 0) is 0 Å². The Balaban J connectivity index is 1.92. The first kappa shape index (κ1) is 13.4. The molecular formula is C17H23N3. The summed E-state index contributed by atoms with van der Waals surface area (Å²) in [5.74, 6) is 1.08. The van der Waals surface area contributed by atoms with Gasteiger partial charge >= 0.3 is 0 Å². The number of piperidine rings is 1. The first-order valence-electron chi connectivity index (χ1n) is 7.52. The lowest BCUT2D eigenvalue weighted by Crippen LogP contribution is -2.27. The topological polar surface area (TPSA) is 40.7 Å². The van der Waals surface area contributed by atoms with Crippen LogP contribution in [0.2, 0.25) is 0 Å². The molecule has 0 saturated carbocycles. The van der Waals surface area contributed by atoms with Crippen LogP contribution >= 0.6 is 0 Å². The lowest BCUT2D eigenvalue weighted by atomic mass is 9.97. The Hall–Kier alpha value is -1.61. The summed E-state index contributed by atoms with van der Waals surface area (Å²) in [7, 11) is 0. The van der Waals surface area contributed by atoms with E-state index in [0.29, 0.717) is 6.04 Å². The number of rotatable bonds is 2. The number of imidazole rings is 1. The van der Waals surface area contributed by atoms with Crippen LogP contribution in [-0.4, -0.2) is 16.5 Å². The summed E-state index contributed by atoms with van der Waals surface area (Å²) >= 11 is 0. The number of aromatic nitrogens is 2. The first-order chi connectivity index (χ1) is 9.66. The number of hydrogen-bond acceptors (Lipinski definition) is 2. The zero-order valence-corrected chi connectivity index (χ0v) is 12.6. The van der Waals surface area contributed by atoms with Crippen LogP contribution in [0.25, 0.3) is 11.3 Å². The van der Waals surface area contributed by atoms with Crippen LogP contribution < -0.4 is 5.32 Å². The predicted octanol–water partition coefficient (Wildman–Crippen LogP) is 3.82. The maximum absolute atomic E-state index is 4.59. The van der Waals surface area contributed by atoms with E-state index in [1.807, 2.05) is 6.20 Å². The number of nitrogens with zero attached hydrogens (tertiary/aromatic N) is 1. The molecule has 1 saturated heterocycles. The summed E-state index contributed by atoms with van der Waals surface area (Å²) in [4.78, 5) is 8.10. The highest BCUT2D eigenvalue weighted by molar-refractivity contribution is 5.65. The van der Waals surface area contributed by atoms with Gasteiger partial charge in [0.05, 0.1) is 17.9 Å². The van der Waals surface area contributed by atoms with Crippen LogP contribution in [0.4, 0.5) is 0 Å². The second-order valence-corrected chi connectivity index (χ2v) is 5.86. The Morgan fingerprint density at radius 1 is 1.10 bits per heavy atom. The number of H-pyrrole nitrogens is 1. The van der Waals surface area contributed by atoms with Crippen molar-refractivity contribution in [1.82, 2.24) is 15.3 Å². The average molecular weight is 269 g/mol. The predicted molar refractivity (Wildman–Crippen MR) is 82.8 cm³/mol. The number of aromatic amines is 1. The van der Waals surface area contributed by atoms with Crippen LogP contribution in [0.5, 0.6) is 0 Å². The molecule has 1 fully saturated rings. The van der Waals surface area contributed by atoms with Crippen molar-refractivity contribution in [3.8, 4) is 11.3 Å². The molecule has 1 aromatic heterocycles. The fourth-order valence-electron chi connectivity index (χ4n) is 2.98. The van der Waals surface area contributed by atoms with Gasteiger partial charge in [-0.25, -0.2) is 4.98 Å². The standard InChI is InChI=1S/C17H23N3/c1-11-7-8-14(13(3)12(11)2)16-10-19-17(20-16)15-6-4-5-9-18-15/h7-8,10,15,18H,4-6,9H2,1-3H3,(H,19,20). The van der Waals surface area contributed by atoms with Crippen molar-refractivity contribution in [2.45, 2.75) is 46.1 Å². The molecule has 3 rings (SSSR count). The van der Waals surface area contributed by atoms with E-state index >= 15 is 0 Å². The number of hydrogen-bond donors (Lipinski definition) is 2. The SMILES string of the molecule is Cc1ccc(-c2cnc(C3CCCCN3)[nH]2)c(C)c1C. The molecule has 20 heavy (non-hydrogen) atoms. The molecule has 106 valence electrons. The van der Waals surface area contributed by atoms with Gasteiger partial charge in [0, 0.05) is 5.56 Å². The summed E-state index contributed by atoms with van der Waals surface area (Å²) in [5, 5.41) is 3.54. The summed E-state index contributed by atoms with van der Waals surface area (Å²) < 4.78 is 0. The monoisotopic (exact) mass is 269 g/mol. The van der Waals surface area contributed by atoms with E-state index in [1.165, 1.54) is 41.5 Å². The van der Waals surface area contributed by atoms with Crippen molar-refractivity contribution in [2.24, 2.45) is 0 Å². The molecule has 0 spiro atoms. The second kappa shape index (κ2) is 5.41. The fourth-order valence-corrected chi connectivity index (χ4v) is 2.98. The van der Waals surface area contributed by atoms with Crippen LogP contribution in [0, 0.1) is 20.8 Å². The Kier molecular flexibility index (Phi) is 3.62. The zero-order chi connectivity index (χ0) is 14.1. The number of benzene rings is 1. The van der Waals surface area contributed by atoms with Crippen molar-refractivity contribution < 1.29 is 0 Å². The van der Waals surface area contributed by atoms with Gasteiger partial charge in [-0.15, -0.1) is 0 Å². The fraction of sp³-hybridized carbons (Fsp3) is 0.471. The third-order valence-electron chi connectivity index (χ3n) is 4.58. The van der Waals surface area contributed by atoms with Crippen molar-refractivity contribution >= 4 is 0 Å². The highest BCUT2D eigenvalue weighted by Crippen LogP contribution is 2.28. The van der Waals surface area contributed by atoms with E-state index in [9.17, 15) is 0 Å². The average Bonchev–Trinajstić information content (AvgIpc) is 2.95. The van der Waals surface area contributed by atoms with Crippen molar-refractivity contribution in [2.75, 3.05) is 6.54 Å². The van der Waals surface area contributed by atoms with Crippen molar-refractivity contribution in [3.05, 3.63) is 40.8 Å².